The summed E-state index contributed by atoms with van der Waals surface area (Å²) in [5, 5.41) is 14.2. The number of hydrogen-bond acceptors (Lipinski definition) is 3. The molecule has 0 aromatic heterocycles. The number of thioether (sulfide) groups is 1. The Morgan fingerprint density at radius 2 is 1.95 bits per heavy atom. The van der Waals surface area contributed by atoms with E-state index in [-0.39, 0.29) is 10.8 Å². The molecule has 1 aliphatic rings. The zero-order valence-corrected chi connectivity index (χ0v) is 12.5. The molecular formula is C13H24N2O3S. The van der Waals surface area contributed by atoms with Crippen molar-refractivity contribution in [2.75, 3.05) is 12.8 Å². The summed E-state index contributed by atoms with van der Waals surface area (Å²) in [5.41, 5.74) is 0. The van der Waals surface area contributed by atoms with Crippen LogP contribution in [0.1, 0.15) is 45.4 Å². The minimum atomic E-state index is -0.991. The lowest BCUT2D eigenvalue weighted by atomic mass is 9.88. The summed E-state index contributed by atoms with van der Waals surface area (Å²) < 4.78 is 0.126. The average molecular weight is 288 g/mol. The molecule has 0 saturated heterocycles. The van der Waals surface area contributed by atoms with Crippen LogP contribution in [-0.2, 0) is 4.79 Å². The molecular weight excluding hydrogens is 264 g/mol. The molecule has 0 radical (unpaired) electrons. The summed E-state index contributed by atoms with van der Waals surface area (Å²) in [6, 6.07) is -1.19. The number of carbonyl (C=O) groups is 2. The van der Waals surface area contributed by atoms with Crippen LogP contribution in [0, 0.1) is 0 Å². The maximum Gasteiger partial charge on any atom is 0.326 e. The summed E-state index contributed by atoms with van der Waals surface area (Å²) in [6.07, 6.45) is 8.38. The van der Waals surface area contributed by atoms with Gasteiger partial charge in [0, 0.05) is 11.3 Å². The van der Waals surface area contributed by atoms with Gasteiger partial charge >= 0.3 is 12.0 Å². The maximum atomic E-state index is 11.7. The number of amides is 2. The third-order valence-electron chi connectivity index (χ3n) is 3.78. The van der Waals surface area contributed by atoms with Crippen molar-refractivity contribution >= 4 is 23.8 Å². The zero-order chi connectivity index (χ0) is 14.3. The van der Waals surface area contributed by atoms with Crippen LogP contribution >= 0.6 is 11.8 Å². The van der Waals surface area contributed by atoms with Gasteiger partial charge in [-0.2, -0.15) is 11.8 Å². The third-order valence-corrected chi connectivity index (χ3v) is 5.20. The van der Waals surface area contributed by atoms with Crippen molar-refractivity contribution in [3.8, 4) is 0 Å². The van der Waals surface area contributed by atoms with Gasteiger partial charge < -0.3 is 15.7 Å². The number of carboxylic acids is 1. The van der Waals surface area contributed by atoms with Gasteiger partial charge in [0.1, 0.15) is 6.04 Å². The van der Waals surface area contributed by atoms with Crippen LogP contribution in [0.5, 0.6) is 0 Å². The summed E-state index contributed by atoms with van der Waals surface area (Å²) in [7, 11) is 0. The van der Waals surface area contributed by atoms with Crippen LogP contribution in [0.3, 0.4) is 0 Å². The molecule has 1 aliphatic carbocycles. The smallest absolute Gasteiger partial charge is 0.326 e. The second-order valence-corrected chi connectivity index (χ2v) is 6.35. The molecule has 1 fully saturated rings. The van der Waals surface area contributed by atoms with E-state index in [4.69, 9.17) is 5.11 Å². The lowest BCUT2D eigenvalue weighted by Gasteiger charge is -2.35. The van der Waals surface area contributed by atoms with E-state index in [2.05, 4.69) is 16.9 Å². The predicted molar refractivity (Wildman–Crippen MR) is 77.6 cm³/mol. The Labute approximate surface area is 118 Å². The molecule has 0 aromatic carbocycles. The summed E-state index contributed by atoms with van der Waals surface area (Å²) in [6.45, 7) is 2.35. The van der Waals surface area contributed by atoms with Gasteiger partial charge in [0.05, 0.1) is 0 Å². The number of aliphatic carboxylic acids is 1. The highest BCUT2D eigenvalue weighted by atomic mass is 32.2. The van der Waals surface area contributed by atoms with E-state index in [1.165, 1.54) is 19.3 Å². The Balaban J connectivity index is 2.41. The highest BCUT2D eigenvalue weighted by molar-refractivity contribution is 8.00. The van der Waals surface area contributed by atoms with Crippen LogP contribution in [0.2, 0.25) is 0 Å². The van der Waals surface area contributed by atoms with Crippen molar-refractivity contribution in [3.05, 3.63) is 0 Å². The molecule has 0 heterocycles. The molecule has 6 heteroatoms. The molecule has 0 unspecified atom stereocenters. The molecule has 2 amide bonds. The highest BCUT2D eigenvalue weighted by Gasteiger charge is 2.31. The second-order valence-electron chi connectivity index (χ2n) is 5.07. The molecule has 110 valence electrons. The van der Waals surface area contributed by atoms with Gasteiger partial charge in [0.2, 0.25) is 0 Å². The number of carbonyl (C=O) groups excluding carboxylic acids is 1. The van der Waals surface area contributed by atoms with Gasteiger partial charge in [0.15, 0.2) is 0 Å². The number of carboxylic acid groups (broad SMARTS) is 1. The second kappa shape index (κ2) is 7.62. The normalized spacial score (nSPS) is 19.5. The van der Waals surface area contributed by atoms with E-state index in [1.54, 1.807) is 6.92 Å². The maximum absolute atomic E-state index is 11.7. The predicted octanol–water partition coefficient (Wildman–Crippen LogP) is 2.21. The molecule has 1 rings (SSSR count). The minimum Gasteiger partial charge on any atom is -0.480 e. The topological polar surface area (TPSA) is 78.4 Å². The van der Waals surface area contributed by atoms with Gasteiger partial charge in [-0.05, 0) is 25.5 Å². The van der Waals surface area contributed by atoms with E-state index < -0.39 is 12.0 Å². The van der Waals surface area contributed by atoms with Gasteiger partial charge in [-0.3, -0.25) is 0 Å². The van der Waals surface area contributed by atoms with Crippen molar-refractivity contribution in [1.29, 1.82) is 0 Å². The van der Waals surface area contributed by atoms with Crippen LogP contribution < -0.4 is 10.6 Å². The number of urea groups is 1. The Kier molecular flexibility index (Phi) is 6.48. The van der Waals surface area contributed by atoms with Gasteiger partial charge in [-0.1, -0.05) is 26.2 Å². The fraction of sp³-hybridized carbons (Fsp3) is 0.846. The highest BCUT2D eigenvalue weighted by Crippen LogP contribution is 2.37. The molecule has 19 heavy (non-hydrogen) atoms. The fourth-order valence-corrected chi connectivity index (χ4v) is 3.35. The third kappa shape index (κ3) is 4.93. The largest absolute Gasteiger partial charge is 0.480 e. The van der Waals surface area contributed by atoms with Gasteiger partial charge in [-0.15, -0.1) is 0 Å². The first-order valence-electron chi connectivity index (χ1n) is 6.85. The van der Waals surface area contributed by atoms with Crippen molar-refractivity contribution in [3.63, 3.8) is 0 Å². The lowest BCUT2D eigenvalue weighted by Crippen LogP contribution is -2.49. The summed E-state index contributed by atoms with van der Waals surface area (Å²) in [4.78, 5) is 22.6. The SMILES string of the molecule is CC[C@@H](NC(=O)NCC1(SC)CCCCC1)C(=O)O. The first-order valence-corrected chi connectivity index (χ1v) is 8.08. The standard InChI is InChI=1S/C13H24N2O3S/c1-3-10(11(16)17)15-12(18)14-9-13(19-2)7-5-4-6-8-13/h10H,3-9H2,1-2H3,(H,16,17)(H2,14,15,18)/t10-/m1/s1. The van der Waals surface area contributed by atoms with E-state index in [0.717, 1.165) is 12.8 Å². The zero-order valence-electron chi connectivity index (χ0n) is 11.7. The van der Waals surface area contributed by atoms with E-state index in [0.29, 0.717) is 13.0 Å². The number of nitrogens with one attached hydrogen (secondary N) is 2. The molecule has 0 spiro atoms. The Morgan fingerprint density at radius 1 is 1.32 bits per heavy atom. The Hall–Kier alpha value is -0.910. The van der Waals surface area contributed by atoms with Crippen LogP contribution in [0.15, 0.2) is 0 Å². The molecule has 1 saturated carbocycles. The van der Waals surface area contributed by atoms with Crippen molar-refractivity contribution < 1.29 is 14.7 Å². The van der Waals surface area contributed by atoms with Crippen molar-refractivity contribution in [1.82, 2.24) is 10.6 Å². The van der Waals surface area contributed by atoms with Gasteiger partial charge in [-0.25, -0.2) is 9.59 Å². The van der Waals surface area contributed by atoms with Crippen LogP contribution in [-0.4, -0.2) is 40.7 Å². The van der Waals surface area contributed by atoms with E-state index in [9.17, 15) is 9.59 Å². The summed E-state index contributed by atoms with van der Waals surface area (Å²) in [5.74, 6) is -0.991. The molecule has 0 aliphatic heterocycles. The molecule has 5 nitrogen and oxygen atoms in total. The van der Waals surface area contributed by atoms with Gasteiger partial charge in [0.25, 0.3) is 0 Å². The first-order chi connectivity index (χ1) is 9.03. The first kappa shape index (κ1) is 16.1. The molecule has 0 bridgehead atoms. The molecule has 1 atom stereocenters. The Bertz CT molecular complexity index is 317. The lowest BCUT2D eigenvalue weighted by molar-refractivity contribution is -0.139. The minimum absolute atomic E-state index is 0.126. The number of hydrogen-bond donors (Lipinski definition) is 3. The average Bonchev–Trinajstić information content (AvgIpc) is 2.43. The fourth-order valence-electron chi connectivity index (χ4n) is 2.44. The van der Waals surface area contributed by atoms with Crippen LogP contribution in [0.4, 0.5) is 4.79 Å². The van der Waals surface area contributed by atoms with Crippen LogP contribution in [0.25, 0.3) is 0 Å². The summed E-state index contributed by atoms with van der Waals surface area (Å²) >= 11 is 1.81. The van der Waals surface area contributed by atoms with Crippen molar-refractivity contribution in [2.45, 2.75) is 56.2 Å². The number of rotatable bonds is 6. The Morgan fingerprint density at radius 3 is 2.42 bits per heavy atom. The molecule has 3 N–H and O–H groups in total. The van der Waals surface area contributed by atoms with E-state index >= 15 is 0 Å². The molecule has 0 aromatic rings. The van der Waals surface area contributed by atoms with Crippen molar-refractivity contribution in [2.24, 2.45) is 0 Å². The monoisotopic (exact) mass is 288 g/mol. The van der Waals surface area contributed by atoms with E-state index in [1.807, 2.05) is 11.8 Å². The quantitative estimate of drug-likeness (QED) is 0.700.